The molecule has 7 heteroatoms. The zero-order chi connectivity index (χ0) is 17.7. The first-order valence-electron chi connectivity index (χ1n) is 9.57. The Kier molecular flexibility index (Phi) is 4.33. The fourth-order valence-corrected chi connectivity index (χ4v) is 7.95. The first-order valence-corrected chi connectivity index (χ1v) is 11.4. The predicted octanol–water partition coefficient (Wildman–Crippen LogP) is 1.01. The van der Waals surface area contributed by atoms with Gasteiger partial charge in [0.1, 0.15) is 0 Å². The molecule has 4 aliphatic carbocycles. The number of rotatable bonds is 5. The summed E-state index contributed by atoms with van der Waals surface area (Å²) in [6.45, 7) is -0.0538. The SMILES string of the molecule is O=C(CC12CC3CC(CC(C3)C1)C2)NCC(=O)N[C@@H]1CCS(=O)(=O)C1. The van der Waals surface area contributed by atoms with Crippen LogP contribution in [-0.4, -0.2) is 44.3 Å². The number of sulfone groups is 1. The van der Waals surface area contributed by atoms with E-state index in [1.807, 2.05) is 0 Å². The van der Waals surface area contributed by atoms with Gasteiger partial charge in [0.05, 0.1) is 18.1 Å². The fraction of sp³-hybridized carbons (Fsp3) is 0.889. The van der Waals surface area contributed by atoms with Crippen molar-refractivity contribution in [2.45, 2.75) is 57.4 Å². The van der Waals surface area contributed by atoms with Crippen molar-refractivity contribution in [3.63, 3.8) is 0 Å². The van der Waals surface area contributed by atoms with E-state index in [2.05, 4.69) is 10.6 Å². The number of carbonyl (C=O) groups excluding carboxylic acids is 2. The van der Waals surface area contributed by atoms with Crippen LogP contribution in [0.15, 0.2) is 0 Å². The zero-order valence-corrected chi connectivity index (χ0v) is 15.4. The molecule has 4 saturated carbocycles. The van der Waals surface area contributed by atoms with Crippen LogP contribution in [0.4, 0.5) is 0 Å². The molecule has 5 aliphatic rings. The molecule has 1 heterocycles. The third-order valence-electron chi connectivity index (χ3n) is 6.74. The second-order valence-electron chi connectivity index (χ2n) is 9.04. The summed E-state index contributed by atoms with van der Waals surface area (Å²) >= 11 is 0. The maximum Gasteiger partial charge on any atom is 0.239 e. The zero-order valence-electron chi connectivity index (χ0n) is 14.6. The Morgan fingerprint density at radius 2 is 1.56 bits per heavy atom. The molecule has 6 nitrogen and oxygen atoms in total. The van der Waals surface area contributed by atoms with E-state index in [0.29, 0.717) is 12.8 Å². The van der Waals surface area contributed by atoms with Gasteiger partial charge in [-0.25, -0.2) is 8.42 Å². The Balaban J connectivity index is 1.24. The van der Waals surface area contributed by atoms with Crippen LogP contribution < -0.4 is 10.6 Å². The average molecular weight is 368 g/mol. The van der Waals surface area contributed by atoms with Crippen LogP contribution in [0.1, 0.15) is 51.4 Å². The quantitative estimate of drug-likeness (QED) is 0.758. The van der Waals surface area contributed by atoms with Crippen LogP contribution in [0.5, 0.6) is 0 Å². The second-order valence-corrected chi connectivity index (χ2v) is 11.3. The van der Waals surface area contributed by atoms with E-state index in [9.17, 15) is 18.0 Å². The Morgan fingerprint density at radius 1 is 0.960 bits per heavy atom. The summed E-state index contributed by atoms with van der Waals surface area (Å²) in [6, 6.07) is -0.308. The van der Waals surface area contributed by atoms with Gasteiger partial charge < -0.3 is 10.6 Å². The standard InChI is InChI=1S/C18H28N2O4S/c21-16(19-10-17(22)20-15-1-2-25(23,24)11-15)9-18-6-12-3-13(7-18)5-14(4-12)8-18/h12-15H,1-11H2,(H,19,21)(H,20,22)/t12?,13?,14?,15-,18?/m1/s1. The molecule has 0 aromatic carbocycles. The summed E-state index contributed by atoms with van der Waals surface area (Å²) in [6.07, 6.45) is 8.61. The lowest BCUT2D eigenvalue weighted by Gasteiger charge is -2.56. The van der Waals surface area contributed by atoms with Crippen molar-refractivity contribution < 1.29 is 18.0 Å². The van der Waals surface area contributed by atoms with Gasteiger partial charge in [0.15, 0.2) is 9.84 Å². The van der Waals surface area contributed by atoms with Crippen LogP contribution in [0, 0.1) is 23.2 Å². The third kappa shape index (κ3) is 3.86. The smallest absolute Gasteiger partial charge is 0.239 e. The van der Waals surface area contributed by atoms with E-state index in [1.54, 1.807) is 0 Å². The molecular formula is C18H28N2O4S. The van der Waals surface area contributed by atoms with Gasteiger partial charge in [-0.1, -0.05) is 0 Å². The molecule has 0 spiro atoms. The molecule has 1 aliphatic heterocycles. The molecule has 0 unspecified atom stereocenters. The molecule has 1 atom stereocenters. The molecule has 2 N–H and O–H groups in total. The van der Waals surface area contributed by atoms with Crippen molar-refractivity contribution in [2.75, 3.05) is 18.1 Å². The summed E-state index contributed by atoms with van der Waals surface area (Å²) in [5.41, 5.74) is 0.175. The topological polar surface area (TPSA) is 92.3 Å². The van der Waals surface area contributed by atoms with Crippen molar-refractivity contribution in [3.8, 4) is 0 Å². The number of hydrogen-bond donors (Lipinski definition) is 2. The fourth-order valence-electron chi connectivity index (χ4n) is 6.28. The molecule has 0 aromatic heterocycles. The minimum absolute atomic E-state index is 0.0139. The number of carbonyl (C=O) groups is 2. The summed E-state index contributed by atoms with van der Waals surface area (Å²) in [4.78, 5) is 24.3. The van der Waals surface area contributed by atoms with Crippen molar-refractivity contribution in [1.29, 1.82) is 0 Å². The highest BCUT2D eigenvalue weighted by atomic mass is 32.2. The summed E-state index contributed by atoms with van der Waals surface area (Å²) in [7, 11) is -3.01. The number of hydrogen-bond acceptors (Lipinski definition) is 4. The van der Waals surface area contributed by atoms with Crippen molar-refractivity contribution in [1.82, 2.24) is 10.6 Å². The lowest BCUT2D eigenvalue weighted by atomic mass is 9.49. The molecular weight excluding hydrogens is 340 g/mol. The van der Waals surface area contributed by atoms with E-state index in [4.69, 9.17) is 0 Å². The highest BCUT2D eigenvalue weighted by molar-refractivity contribution is 7.91. The molecule has 0 aromatic rings. The van der Waals surface area contributed by atoms with Crippen LogP contribution in [-0.2, 0) is 19.4 Å². The Labute approximate surface area is 149 Å². The molecule has 4 bridgehead atoms. The highest BCUT2D eigenvalue weighted by Gasteiger charge is 2.51. The Morgan fingerprint density at radius 3 is 2.08 bits per heavy atom. The van der Waals surface area contributed by atoms with Crippen LogP contribution in [0.25, 0.3) is 0 Å². The van der Waals surface area contributed by atoms with Gasteiger partial charge in [-0.2, -0.15) is 0 Å². The molecule has 1 saturated heterocycles. The molecule has 5 fully saturated rings. The maximum atomic E-state index is 12.4. The maximum absolute atomic E-state index is 12.4. The van der Waals surface area contributed by atoms with E-state index in [-0.39, 0.29) is 41.3 Å². The van der Waals surface area contributed by atoms with Gasteiger partial charge in [-0.05, 0) is 68.1 Å². The van der Waals surface area contributed by atoms with E-state index in [1.165, 1.54) is 38.5 Å². The summed E-state index contributed by atoms with van der Waals surface area (Å²) < 4.78 is 22.8. The first-order chi connectivity index (χ1) is 11.8. The lowest BCUT2D eigenvalue weighted by molar-refractivity contribution is -0.132. The average Bonchev–Trinajstić information content (AvgIpc) is 2.82. The predicted molar refractivity (Wildman–Crippen MR) is 93.4 cm³/mol. The minimum atomic E-state index is -3.01. The van der Waals surface area contributed by atoms with Crippen LogP contribution >= 0.6 is 0 Å². The van der Waals surface area contributed by atoms with Gasteiger partial charge in [-0.15, -0.1) is 0 Å². The lowest BCUT2D eigenvalue weighted by Crippen LogP contribution is -2.49. The number of nitrogens with one attached hydrogen (secondary N) is 2. The normalized spacial score (nSPS) is 40.8. The largest absolute Gasteiger partial charge is 0.351 e. The van der Waals surface area contributed by atoms with Gasteiger partial charge in [0.25, 0.3) is 0 Å². The van der Waals surface area contributed by atoms with E-state index < -0.39 is 9.84 Å². The molecule has 140 valence electrons. The van der Waals surface area contributed by atoms with Gasteiger partial charge in [0.2, 0.25) is 11.8 Å². The monoisotopic (exact) mass is 368 g/mol. The van der Waals surface area contributed by atoms with Crippen LogP contribution in [0.3, 0.4) is 0 Å². The van der Waals surface area contributed by atoms with Crippen molar-refractivity contribution in [3.05, 3.63) is 0 Å². The van der Waals surface area contributed by atoms with E-state index >= 15 is 0 Å². The summed E-state index contributed by atoms with van der Waals surface area (Å²) in [5.74, 6) is 2.26. The molecule has 5 rings (SSSR count). The Hall–Kier alpha value is -1.11. The van der Waals surface area contributed by atoms with Crippen molar-refractivity contribution >= 4 is 21.7 Å². The van der Waals surface area contributed by atoms with Crippen LogP contribution in [0.2, 0.25) is 0 Å². The molecule has 0 radical (unpaired) electrons. The van der Waals surface area contributed by atoms with Gasteiger partial charge in [0, 0.05) is 12.5 Å². The van der Waals surface area contributed by atoms with Crippen molar-refractivity contribution in [2.24, 2.45) is 23.2 Å². The van der Waals surface area contributed by atoms with Gasteiger partial charge >= 0.3 is 0 Å². The highest BCUT2D eigenvalue weighted by Crippen LogP contribution is 2.61. The molecule has 2 amide bonds. The second kappa shape index (κ2) is 6.25. The summed E-state index contributed by atoms with van der Waals surface area (Å²) in [5, 5.41) is 5.47. The minimum Gasteiger partial charge on any atom is -0.351 e. The number of amides is 2. The van der Waals surface area contributed by atoms with E-state index in [0.717, 1.165) is 17.8 Å². The third-order valence-corrected chi connectivity index (χ3v) is 8.51. The van der Waals surface area contributed by atoms with Gasteiger partial charge in [-0.3, -0.25) is 9.59 Å². The molecule has 25 heavy (non-hydrogen) atoms. The first kappa shape index (κ1) is 17.3. The Bertz CT molecular complexity index is 637.